The Morgan fingerprint density at radius 1 is 1.50 bits per heavy atom. The van der Waals surface area contributed by atoms with Crippen molar-refractivity contribution in [2.45, 2.75) is 12.8 Å². The Balaban J connectivity index is 1.95. The van der Waals surface area contributed by atoms with Crippen LogP contribution in [0.4, 0.5) is 0 Å². The third kappa shape index (κ3) is 2.99. The lowest BCUT2D eigenvalue weighted by Gasteiger charge is -2.31. The molecule has 1 saturated heterocycles. The molecule has 0 bridgehead atoms. The Hall–Kier alpha value is -0.710. The second-order valence-corrected chi connectivity index (χ2v) is 5.42. The number of carbonyl (C=O) groups excluding carboxylic acids is 1. The normalized spacial score (nSPS) is 17.2. The number of aromatic nitrogens is 1. The fourth-order valence-electron chi connectivity index (χ4n) is 2.32. The number of piperidine rings is 1. The van der Waals surface area contributed by atoms with Crippen molar-refractivity contribution in [1.82, 2.24) is 15.2 Å². The van der Waals surface area contributed by atoms with Gasteiger partial charge in [-0.25, -0.2) is 0 Å². The van der Waals surface area contributed by atoms with Crippen LogP contribution in [0.5, 0.6) is 0 Å². The molecule has 0 saturated carbocycles. The van der Waals surface area contributed by atoms with Gasteiger partial charge in [-0.15, -0.1) is 0 Å². The van der Waals surface area contributed by atoms with Crippen LogP contribution in [0.2, 0.25) is 10.2 Å². The van der Waals surface area contributed by atoms with Gasteiger partial charge in [-0.2, -0.15) is 0 Å². The summed E-state index contributed by atoms with van der Waals surface area (Å²) in [7, 11) is 1.96. The van der Waals surface area contributed by atoms with E-state index in [2.05, 4.69) is 10.3 Å². The standard InChI is InChI=1S/C12H17Cl2N3O/c1-15-7-8-2-4-17(5-3-8)12(18)10-6-9(13)11(14)16-10/h6,8,15-16H,2-5,7H2,1H3. The SMILES string of the molecule is CNCC1CCN(C(=O)c2cc(Cl)c(Cl)[nH]2)CC1. The minimum absolute atomic E-state index is 0.0216. The van der Waals surface area contributed by atoms with Gasteiger partial charge in [-0.05, 0) is 38.4 Å². The van der Waals surface area contributed by atoms with Gasteiger partial charge in [0.05, 0.1) is 5.02 Å². The number of amides is 1. The zero-order chi connectivity index (χ0) is 13.1. The van der Waals surface area contributed by atoms with Crippen LogP contribution < -0.4 is 5.32 Å². The summed E-state index contributed by atoms with van der Waals surface area (Å²) in [4.78, 5) is 16.9. The molecule has 2 rings (SSSR count). The minimum atomic E-state index is -0.0216. The molecule has 0 aromatic carbocycles. The topological polar surface area (TPSA) is 48.1 Å². The summed E-state index contributed by atoms with van der Waals surface area (Å²) >= 11 is 11.6. The average Bonchev–Trinajstić information content (AvgIpc) is 2.70. The van der Waals surface area contributed by atoms with Gasteiger partial charge in [0.15, 0.2) is 0 Å². The molecule has 1 aliphatic rings. The van der Waals surface area contributed by atoms with E-state index < -0.39 is 0 Å². The van der Waals surface area contributed by atoms with Crippen molar-refractivity contribution in [2.24, 2.45) is 5.92 Å². The summed E-state index contributed by atoms with van der Waals surface area (Å²) in [5, 5.41) is 3.90. The number of nitrogens with one attached hydrogen (secondary N) is 2. The maximum absolute atomic E-state index is 12.2. The fourth-order valence-corrected chi connectivity index (χ4v) is 2.63. The average molecular weight is 290 g/mol. The maximum atomic E-state index is 12.2. The van der Waals surface area contributed by atoms with Gasteiger partial charge in [0, 0.05) is 13.1 Å². The van der Waals surface area contributed by atoms with Crippen LogP contribution in [0.15, 0.2) is 6.07 Å². The van der Waals surface area contributed by atoms with E-state index in [9.17, 15) is 4.79 Å². The lowest BCUT2D eigenvalue weighted by Crippen LogP contribution is -2.40. The summed E-state index contributed by atoms with van der Waals surface area (Å²) in [5.41, 5.74) is 0.470. The molecule has 1 aromatic heterocycles. The van der Waals surface area contributed by atoms with Gasteiger partial charge in [-0.3, -0.25) is 4.79 Å². The second-order valence-electron chi connectivity index (χ2n) is 4.64. The molecule has 0 atom stereocenters. The number of nitrogens with zero attached hydrogens (tertiary/aromatic N) is 1. The Bertz CT molecular complexity index is 405. The van der Waals surface area contributed by atoms with Gasteiger partial charge >= 0.3 is 0 Å². The highest BCUT2D eigenvalue weighted by molar-refractivity contribution is 6.41. The molecule has 1 fully saturated rings. The molecular weight excluding hydrogens is 273 g/mol. The predicted octanol–water partition coefficient (Wildman–Crippen LogP) is 2.39. The third-order valence-electron chi connectivity index (χ3n) is 3.35. The van der Waals surface area contributed by atoms with E-state index >= 15 is 0 Å². The van der Waals surface area contributed by atoms with E-state index in [1.54, 1.807) is 6.07 Å². The van der Waals surface area contributed by atoms with E-state index in [4.69, 9.17) is 23.2 Å². The molecule has 0 spiro atoms. The van der Waals surface area contributed by atoms with Crippen LogP contribution in [0.1, 0.15) is 23.3 Å². The largest absolute Gasteiger partial charge is 0.340 e. The van der Waals surface area contributed by atoms with Crippen LogP contribution in [0, 0.1) is 5.92 Å². The van der Waals surface area contributed by atoms with Crippen LogP contribution >= 0.6 is 23.2 Å². The molecular formula is C12H17Cl2N3O. The first-order valence-corrected chi connectivity index (χ1v) is 6.85. The van der Waals surface area contributed by atoms with Gasteiger partial charge in [-0.1, -0.05) is 23.2 Å². The van der Waals surface area contributed by atoms with Crippen molar-refractivity contribution in [3.63, 3.8) is 0 Å². The Morgan fingerprint density at radius 3 is 2.67 bits per heavy atom. The van der Waals surface area contributed by atoms with Crippen LogP contribution in [-0.4, -0.2) is 42.5 Å². The van der Waals surface area contributed by atoms with E-state index in [0.717, 1.165) is 32.5 Å². The molecule has 0 aliphatic carbocycles. The number of carbonyl (C=O) groups is 1. The van der Waals surface area contributed by atoms with E-state index in [-0.39, 0.29) is 5.91 Å². The number of H-pyrrole nitrogens is 1. The monoisotopic (exact) mass is 289 g/mol. The fraction of sp³-hybridized carbons (Fsp3) is 0.583. The molecule has 100 valence electrons. The second kappa shape index (κ2) is 5.95. The van der Waals surface area contributed by atoms with Crippen molar-refractivity contribution in [3.8, 4) is 0 Å². The highest BCUT2D eigenvalue weighted by Gasteiger charge is 2.24. The summed E-state index contributed by atoms with van der Waals surface area (Å²) in [5.74, 6) is 0.640. The highest BCUT2D eigenvalue weighted by Crippen LogP contribution is 2.24. The Morgan fingerprint density at radius 2 is 2.17 bits per heavy atom. The van der Waals surface area contributed by atoms with Crippen molar-refractivity contribution in [2.75, 3.05) is 26.7 Å². The first kappa shape index (κ1) is 13.7. The summed E-state index contributed by atoms with van der Waals surface area (Å²) < 4.78 is 0. The molecule has 6 heteroatoms. The van der Waals surface area contributed by atoms with Gasteiger partial charge in [0.1, 0.15) is 10.8 Å². The van der Waals surface area contributed by atoms with Crippen molar-refractivity contribution in [1.29, 1.82) is 0 Å². The van der Waals surface area contributed by atoms with Gasteiger partial charge in [0.25, 0.3) is 5.91 Å². The molecule has 1 amide bonds. The van der Waals surface area contributed by atoms with Gasteiger partial charge < -0.3 is 15.2 Å². The summed E-state index contributed by atoms with van der Waals surface area (Å²) in [6.07, 6.45) is 2.07. The number of aromatic amines is 1. The van der Waals surface area contributed by atoms with Crippen molar-refractivity contribution >= 4 is 29.1 Å². The van der Waals surface area contributed by atoms with Gasteiger partial charge in [0.2, 0.25) is 0 Å². The lowest BCUT2D eigenvalue weighted by atomic mass is 9.96. The zero-order valence-electron chi connectivity index (χ0n) is 10.3. The Kier molecular flexibility index (Phi) is 4.54. The number of hydrogen-bond acceptors (Lipinski definition) is 2. The molecule has 18 heavy (non-hydrogen) atoms. The predicted molar refractivity (Wildman–Crippen MR) is 73.4 cm³/mol. The molecule has 1 aromatic rings. The smallest absolute Gasteiger partial charge is 0.270 e. The van der Waals surface area contributed by atoms with Crippen LogP contribution in [0.25, 0.3) is 0 Å². The van der Waals surface area contributed by atoms with Crippen LogP contribution in [0.3, 0.4) is 0 Å². The number of rotatable bonds is 3. The number of hydrogen-bond donors (Lipinski definition) is 2. The summed E-state index contributed by atoms with van der Waals surface area (Å²) in [6.45, 7) is 2.60. The maximum Gasteiger partial charge on any atom is 0.270 e. The molecule has 4 nitrogen and oxygen atoms in total. The van der Waals surface area contributed by atoms with E-state index in [1.807, 2.05) is 11.9 Å². The van der Waals surface area contributed by atoms with E-state index in [1.165, 1.54) is 0 Å². The van der Waals surface area contributed by atoms with E-state index in [0.29, 0.717) is 21.8 Å². The first-order chi connectivity index (χ1) is 8.61. The number of likely N-dealkylation sites (tertiary alicyclic amines) is 1. The summed E-state index contributed by atoms with van der Waals surface area (Å²) in [6, 6.07) is 1.59. The molecule has 2 N–H and O–H groups in total. The first-order valence-electron chi connectivity index (χ1n) is 6.09. The third-order valence-corrected chi connectivity index (χ3v) is 4.04. The molecule has 0 unspecified atom stereocenters. The quantitative estimate of drug-likeness (QED) is 0.898. The number of halogens is 2. The van der Waals surface area contributed by atoms with Crippen molar-refractivity contribution in [3.05, 3.63) is 21.9 Å². The highest BCUT2D eigenvalue weighted by atomic mass is 35.5. The Labute approximate surface area is 117 Å². The zero-order valence-corrected chi connectivity index (χ0v) is 11.8. The molecule has 2 heterocycles. The molecule has 0 radical (unpaired) electrons. The minimum Gasteiger partial charge on any atom is -0.340 e. The van der Waals surface area contributed by atoms with Crippen LogP contribution in [-0.2, 0) is 0 Å². The lowest BCUT2D eigenvalue weighted by molar-refractivity contribution is 0.0685. The molecule has 1 aliphatic heterocycles. The van der Waals surface area contributed by atoms with Crippen molar-refractivity contribution < 1.29 is 4.79 Å².